The van der Waals surface area contributed by atoms with Crippen LogP contribution in [0.2, 0.25) is 5.02 Å². The molecule has 0 aliphatic rings. The normalized spacial score (nSPS) is 10.4. The maximum absolute atomic E-state index is 6.04. The SMILES string of the molecule is COc1ccc(Cl)cc1NCc1c(C)cc(C)cc1C. The molecule has 0 radical (unpaired) electrons. The lowest BCUT2D eigenvalue weighted by Gasteiger charge is -2.15. The topological polar surface area (TPSA) is 21.3 Å². The first-order valence-corrected chi connectivity index (χ1v) is 7.03. The third-order valence-corrected chi connectivity index (χ3v) is 3.69. The summed E-state index contributed by atoms with van der Waals surface area (Å²) in [5.74, 6) is 0.803. The predicted octanol–water partition coefficient (Wildman–Crippen LogP) is 4.89. The average Bonchev–Trinajstić information content (AvgIpc) is 2.37. The van der Waals surface area contributed by atoms with Gasteiger partial charge in [-0.15, -0.1) is 0 Å². The molecule has 0 aromatic heterocycles. The minimum Gasteiger partial charge on any atom is -0.495 e. The summed E-state index contributed by atoms with van der Waals surface area (Å²) < 4.78 is 5.35. The van der Waals surface area contributed by atoms with Crippen molar-refractivity contribution in [3.8, 4) is 5.75 Å². The van der Waals surface area contributed by atoms with Gasteiger partial charge in [0.2, 0.25) is 0 Å². The van der Waals surface area contributed by atoms with Crippen molar-refractivity contribution in [2.45, 2.75) is 27.3 Å². The van der Waals surface area contributed by atoms with Crippen molar-refractivity contribution < 1.29 is 4.74 Å². The molecule has 0 bridgehead atoms. The fourth-order valence-electron chi connectivity index (χ4n) is 2.49. The average molecular weight is 290 g/mol. The number of hydrogen-bond donors (Lipinski definition) is 1. The van der Waals surface area contributed by atoms with Crippen molar-refractivity contribution in [1.29, 1.82) is 0 Å². The van der Waals surface area contributed by atoms with Crippen molar-refractivity contribution in [2.24, 2.45) is 0 Å². The number of benzene rings is 2. The molecule has 3 heteroatoms. The van der Waals surface area contributed by atoms with Gasteiger partial charge in [0.15, 0.2) is 0 Å². The second-order valence-corrected chi connectivity index (χ2v) is 5.51. The van der Waals surface area contributed by atoms with E-state index in [1.54, 1.807) is 7.11 Å². The summed E-state index contributed by atoms with van der Waals surface area (Å²) in [6, 6.07) is 10.0. The standard InChI is InChI=1S/C17H20ClNO/c1-11-7-12(2)15(13(3)8-11)10-19-16-9-14(18)5-6-17(16)20-4/h5-9,19H,10H2,1-4H3. The number of ether oxygens (including phenoxy) is 1. The van der Waals surface area contributed by atoms with Gasteiger partial charge in [-0.3, -0.25) is 0 Å². The number of anilines is 1. The van der Waals surface area contributed by atoms with Crippen LogP contribution in [-0.2, 0) is 6.54 Å². The largest absolute Gasteiger partial charge is 0.495 e. The van der Waals surface area contributed by atoms with Crippen LogP contribution in [0.4, 0.5) is 5.69 Å². The highest BCUT2D eigenvalue weighted by Gasteiger charge is 2.07. The molecule has 1 N–H and O–H groups in total. The zero-order valence-electron chi connectivity index (χ0n) is 12.4. The van der Waals surface area contributed by atoms with Gasteiger partial charge in [-0.1, -0.05) is 29.3 Å². The lowest BCUT2D eigenvalue weighted by Crippen LogP contribution is -2.05. The molecule has 0 fully saturated rings. The maximum Gasteiger partial charge on any atom is 0.142 e. The highest BCUT2D eigenvalue weighted by molar-refractivity contribution is 6.30. The molecule has 2 rings (SSSR count). The van der Waals surface area contributed by atoms with E-state index in [0.29, 0.717) is 5.02 Å². The zero-order chi connectivity index (χ0) is 14.7. The molecule has 0 amide bonds. The minimum absolute atomic E-state index is 0.700. The summed E-state index contributed by atoms with van der Waals surface area (Å²) in [5.41, 5.74) is 6.13. The van der Waals surface area contributed by atoms with Crippen LogP contribution in [0, 0.1) is 20.8 Å². The van der Waals surface area contributed by atoms with E-state index in [2.05, 4.69) is 38.2 Å². The molecule has 2 nitrogen and oxygen atoms in total. The molecule has 2 aromatic carbocycles. The molecule has 106 valence electrons. The van der Waals surface area contributed by atoms with Gasteiger partial charge >= 0.3 is 0 Å². The zero-order valence-corrected chi connectivity index (χ0v) is 13.1. The van der Waals surface area contributed by atoms with Gasteiger partial charge in [-0.05, 0) is 55.7 Å². The van der Waals surface area contributed by atoms with Crippen LogP contribution in [0.5, 0.6) is 5.75 Å². The summed E-state index contributed by atoms with van der Waals surface area (Å²) in [6.07, 6.45) is 0. The van der Waals surface area contributed by atoms with Gasteiger partial charge in [0.25, 0.3) is 0 Å². The Morgan fingerprint density at radius 3 is 2.30 bits per heavy atom. The maximum atomic E-state index is 6.04. The summed E-state index contributed by atoms with van der Waals surface area (Å²) in [7, 11) is 1.66. The Morgan fingerprint density at radius 1 is 1.05 bits per heavy atom. The first-order valence-electron chi connectivity index (χ1n) is 6.65. The number of rotatable bonds is 4. The van der Waals surface area contributed by atoms with E-state index < -0.39 is 0 Å². The summed E-state index contributed by atoms with van der Waals surface area (Å²) in [4.78, 5) is 0. The lowest BCUT2D eigenvalue weighted by molar-refractivity contribution is 0.416. The van der Waals surface area contributed by atoms with Crippen LogP contribution >= 0.6 is 11.6 Å². The third kappa shape index (κ3) is 3.26. The highest BCUT2D eigenvalue weighted by atomic mass is 35.5. The van der Waals surface area contributed by atoms with Crippen LogP contribution in [0.15, 0.2) is 30.3 Å². The molecule has 0 aliphatic heterocycles. The van der Waals surface area contributed by atoms with E-state index in [4.69, 9.17) is 16.3 Å². The van der Waals surface area contributed by atoms with Crippen LogP contribution < -0.4 is 10.1 Å². The Labute approximate surface area is 125 Å². The van der Waals surface area contributed by atoms with Gasteiger partial charge in [-0.2, -0.15) is 0 Å². The molecule has 0 aliphatic carbocycles. The summed E-state index contributed by atoms with van der Waals surface area (Å²) in [5, 5.41) is 4.11. The molecule has 20 heavy (non-hydrogen) atoms. The molecule has 0 heterocycles. The Bertz CT molecular complexity index is 599. The van der Waals surface area contributed by atoms with Crippen LogP contribution in [0.3, 0.4) is 0 Å². The van der Waals surface area contributed by atoms with Gasteiger partial charge in [0.05, 0.1) is 12.8 Å². The second-order valence-electron chi connectivity index (χ2n) is 5.08. The minimum atomic E-state index is 0.700. The molecule has 0 saturated heterocycles. The lowest BCUT2D eigenvalue weighted by atomic mass is 10.00. The Kier molecular flexibility index (Phi) is 4.56. The van der Waals surface area contributed by atoms with Crippen molar-refractivity contribution in [2.75, 3.05) is 12.4 Å². The highest BCUT2D eigenvalue weighted by Crippen LogP contribution is 2.28. The number of aryl methyl sites for hydroxylation is 3. The smallest absolute Gasteiger partial charge is 0.142 e. The monoisotopic (exact) mass is 289 g/mol. The fourth-order valence-corrected chi connectivity index (χ4v) is 2.66. The number of methoxy groups -OCH3 is 1. The summed E-state index contributed by atoms with van der Waals surface area (Å²) >= 11 is 6.04. The van der Waals surface area contributed by atoms with Gasteiger partial charge in [-0.25, -0.2) is 0 Å². The molecule has 0 unspecified atom stereocenters. The summed E-state index contributed by atoms with van der Waals surface area (Å²) in [6.45, 7) is 7.17. The molecular formula is C17H20ClNO. The third-order valence-electron chi connectivity index (χ3n) is 3.46. The van der Waals surface area contributed by atoms with Crippen molar-refractivity contribution in [1.82, 2.24) is 0 Å². The van der Waals surface area contributed by atoms with Gasteiger partial charge < -0.3 is 10.1 Å². The van der Waals surface area contributed by atoms with E-state index >= 15 is 0 Å². The van der Waals surface area contributed by atoms with Crippen molar-refractivity contribution >= 4 is 17.3 Å². The van der Waals surface area contributed by atoms with Gasteiger partial charge in [0, 0.05) is 11.6 Å². The Hall–Kier alpha value is -1.67. The number of hydrogen-bond acceptors (Lipinski definition) is 2. The van der Waals surface area contributed by atoms with Crippen molar-refractivity contribution in [3.05, 3.63) is 57.6 Å². The molecule has 0 saturated carbocycles. The van der Waals surface area contributed by atoms with E-state index in [9.17, 15) is 0 Å². The van der Waals surface area contributed by atoms with E-state index in [0.717, 1.165) is 18.0 Å². The number of halogens is 1. The van der Waals surface area contributed by atoms with Crippen LogP contribution in [0.25, 0.3) is 0 Å². The van der Waals surface area contributed by atoms with E-state index in [1.807, 2.05) is 18.2 Å². The molecule has 0 spiro atoms. The molecular weight excluding hydrogens is 270 g/mol. The first-order chi connectivity index (χ1) is 9.51. The second kappa shape index (κ2) is 6.19. The fraction of sp³-hybridized carbons (Fsp3) is 0.294. The van der Waals surface area contributed by atoms with Crippen molar-refractivity contribution in [3.63, 3.8) is 0 Å². The quantitative estimate of drug-likeness (QED) is 0.865. The molecule has 0 atom stereocenters. The predicted molar refractivity (Wildman–Crippen MR) is 86.0 cm³/mol. The molecule has 2 aromatic rings. The van der Waals surface area contributed by atoms with E-state index in [1.165, 1.54) is 22.3 Å². The number of nitrogens with one attached hydrogen (secondary N) is 1. The first kappa shape index (κ1) is 14.7. The Morgan fingerprint density at radius 2 is 1.70 bits per heavy atom. The van der Waals surface area contributed by atoms with Crippen LogP contribution in [-0.4, -0.2) is 7.11 Å². The van der Waals surface area contributed by atoms with Gasteiger partial charge in [0.1, 0.15) is 5.75 Å². The Balaban J connectivity index is 2.23. The van der Waals surface area contributed by atoms with Crippen LogP contribution in [0.1, 0.15) is 22.3 Å². The van der Waals surface area contributed by atoms with E-state index in [-0.39, 0.29) is 0 Å².